The first kappa shape index (κ1) is 27.8. The Balaban J connectivity index is 2.23. The molecule has 6 heteroatoms. The Morgan fingerprint density at radius 1 is 0.848 bits per heavy atom. The van der Waals surface area contributed by atoms with Crippen molar-refractivity contribution >= 4 is 7.60 Å². The van der Waals surface area contributed by atoms with E-state index in [1.54, 1.807) is 0 Å². The molecule has 184 valence electrons. The standard InChI is InChI=1S/C27H42NO4P/c1-9-30-33(29,31-10-2)20-23-16-18-24(19-17-23)22(5)32-28(27(6,7)8)26(21(3)4)25-14-12-11-13-15-25/h11-19,21-22,26H,9-10,20H2,1-8H3. The smallest absolute Gasteiger partial charge is 0.309 e. The fraction of sp³-hybridized carbons (Fsp3) is 0.556. The molecule has 0 aromatic heterocycles. The summed E-state index contributed by atoms with van der Waals surface area (Å²) in [6.07, 6.45) is 0.121. The van der Waals surface area contributed by atoms with Crippen LogP contribution in [0.3, 0.4) is 0 Å². The van der Waals surface area contributed by atoms with E-state index in [2.05, 4.69) is 70.9 Å². The minimum absolute atomic E-state index is 0.121. The zero-order valence-corrected chi connectivity index (χ0v) is 22.5. The van der Waals surface area contributed by atoms with Crippen molar-refractivity contribution in [3.05, 3.63) is 71.3 Å². The van der Waals surface area contributed by atoms with Crippen LogP contribution in [-0.2, 0) is 24.6 Å². The van der Waals surface area contributed by atoms with E-state index in [-0.39, 0.29) is 23.8 Å². The zero-order valence-electron chi connectivity index (χ0n) is 21.6. The molecule has 0 aliphatic rings. The molecule has 2 unspecified atom stereocenters. The van der Waals surface area contributed by atoms with E-state index in [9.17, 15) is 4.57 Å². The normalized spacial score (nSPS) is 14.6. The number of rotatable bonds is 12. The van der Waals surface area contributed by atoms with E-state index in [1.165, 1.54) is 5.56 Å². The van der Waals surface area contributed by atoms with Gasteiger partial charge in [0.15, 0.2) is 0 Å². The summed E-state index contributed by atoms with van der Waals surface area (Å²) in [7, 11) is -3.12. The molecule has 0 radical (unpaired) electrons. The zero-order chi connectivity index (χ0) is 24.6. The average Bonchev–Trinajstić information content (AvgIpc) is 2.74. The Morgan fingerprint density at radius 3 is 1.85 bits per heavy atom. The van der Waals surface area contributed by atoms with Crippen molar-refractivity contribution in [2.24, 2.45) is 5.92 Å². The van der Waals surface area contributed by atoms with E-state index < -0.39 is 7.60 Å². The van der Waals surface area contributed by atoms with Gasteiger partial charge in [0.05, 0.1) is 25.4 Å². The van der Waals surface area contributed by atoms with Gasteiger partial charge < -0.3 is 9.05 Å². The maximum atomic E-state index is 12.9. The van der Waals surface area contributed by atoms with Crippen LogP contribution in [-0.4, -0.2) is 23.8 Å². The topological polar surface area (TPSA) is 48.0 Å². The van der Waals surface area contributed by atoms with Crippen molar-refractivity contribution in [1.82, 2.24) is 5.06 Å². The quantitative estimate of drug-likeness (QED) is 0.230. The van der Waals surface area contributed by atoms with E-state index in [0.29, 0.717) is 19.1 Å². The number of nitrogens with zero attached hydrogens (tertiary/aromatic N) is 1. The van der Waals surface area contributed by atoms with Crippen LogP contribution in [0.2, 0.25) is 0 Å². The molecule has 2 aromatic carbocycles. The van der Waals surface area contributed by atoms with Crippen molar-refractivity contribution in [3.63, 3.8) is 0 Å². The monoisotopic (exact) mass is 475 g/mol. The SMILES string of the molecule is CCOP(=O)(Cc1ccc(C(C)ON(C(c2ccccc2)C(C)C)C(C)(C)C)cc1)OCC. The Hall–Kier alpha value is -1.49. The van der Waals surface area contributed by atoms with Crippen LogP contribution in [0.15, 0.2) is 54.6 Å². The largest absolute Gasteiger partial charge is 0.335 e. The van der Waals surface area contributed by atoms with Gasteiger partial charge in [-0.05, 0) is 64.2 Å². The highest BCUT2D eigenvalue weighted by Gasteiger charge is 2.34. The van der Waals surface area contributed by atoms with Gasteiger partial charge in [0, 0.05) is 5.54 Å². The Morgan fingerprint density at radius 2 is 1.39 bits per heavy atom. The molecular weight excluding hydrogens is 433 g/mol. The molecule has 0 N–H and O–H groups in total. The summed E-state index contributed by atoms with van der Waals surface area (Å²) in [5, 5.41) is 2.14. The molecule has 0 bridgehead atoms. The molecule has 0 aliphatic heterocycles. The molecule has 0 heterocycles. The van der Waals surface area contributed by atoms with Crippen molar-refractivity contribution in [1.29, 1.82) is 0 Å². The molecule has 0 saturated heterocycles. The van der Waals surface area contributed by atoms with Crippen LogP contribution in [0.25, 0.3) is 0 Å². The molecule has 0 amide bonds. The van der Waals surface area contributed by atoms with Crippen LogP contribution in [0.5, 0.6) is 0 Å². The second-order valence-corrected chi connectivity index (χ2v) is 11.7. The highest BCUT2D eigenvalue weighted by atomic mass is 31.2. The fourth-order valence-corrected chi connectivity index (χ4v) is 5.65. The van der Waals surface area contributed by atoms with Crippen molar-refractivity contribution < 1.29 is 18.5 Å². The first-order chi connectivity index (χ1) is 15.5. The summed E-state index contributed by atoms with van der Waals surface area (Å²) in [4.78, 5) is 6.63. The maximum Gasteiger partial charge on any atom is 0.335 e. The first-order valence-electron chi connectivity index (χ1n) is 12.0. The first-order valence-corrected chi connectivity index (χ1v) is 13.7. The number of hydroxylamine groups is 2. The van der Waals surface area contributed by atoms with E-state index in [1.807, 2.05) is 44.2 Å². The number of hydrogen-bond donors (Lipinski definition) is 0. The number of hydrogen-bond acceptors (Lipinski definition) is 5. The Labute approximate surface area is 200 Å². The fourth-order valence-electron chi connectivity index (χ4n) is 3.95. The highest BCUT2D eigenvalue weighted by molar-refractivity contribution is 7.53. The third kappa shape index (κ3) is 8.05. The molecule has 33 heavy (non-hydrogen) atoms. The summed E-state index contributed by atoms with van der Waals surface area (Å²) in [6.45, 7) is 17.5. The van der Waals surface area contributed by atoms with Gasteiger partial charge >= 0.3 is 7.60 Å². The molecule has 2 rings (SSSR count). The molecule has 0 spiro atoms. The summed E-state index contributed by atoms with van der Waals surface area (Å²) in [5.41, 5.74) is 3.03. The minimum Gasteiger partial charge on any atom is -0.309 e. The lowest BCUT2D eigenvalue weighted by atomic mass is 9.92. The molecule has 0 fully saturated rings. The molecule has 0 aliphatic carbocycles. The van der Waals surface area contributed by atoms with Crippen LogP contribution in [0.4, 0.5) is 0 Å². The van der Waals surface area contributed by atoms with E-state index >= 15 is 0 Å². The lowest BCUT2D eigenvalue weighted by Crippen LogP contribution is -2.46. The third-order valence-electron chi connectivity index (χ3n) is 5.44. The van der Waals surface area contributed by atoms with Gasteiger partial charge in [-0.3, -0.25) is 9.40 Å². The van der Waals surface area contributed by atoms with Gasteiger partial charge in [-0.15, -0.1) is 0 Å². The summed E-state index contributed by atoms with van der Waals surface area (Å²) in [6, 6.07) is 18.7. The van der Waals surface area contributed by atoms with Crippen LogP contribution < -0.4 is 0 Å². The second kappa shape index (κ2) is 12.3. The lowest BCUT2D eigenvalue weighted by Gasteiger charge is -2.44. The Bertz CT molecular complexity index is 867. The predicted octanol–water partition coefficient (Wildman–Crippen LogP) is 7.94. The van der Waals surface area contributed by atoms with Crippen LogP contribution >= 0.6 is 7.60 Å². The maximum absolute atomic E-state index is 12.9. The third-order valence-corrected chi connectivity index (χ3v) is 7.49. The number of benzene rings is 2. The lowest BCUT2D eigenvalue weighted by molar-refractivity contribution is -0.272. The molecule has 0 saturated carbocycles. The molecular formula is C27H42NO4P. The van der Waals surface area contributed by atoms with Crippen molar-refractivity contribution in [2.75, 3.05) is 13.2 Å². The average molecular weight is 476 g/mol. The molecule has 5 nitrogen and oxygen atoms in total. The highest BCUT2D eigenvalue weighted by Crippen LogP contribution is 2.51. The predicted molar refractivity (Wildman–Crippen MR) is 136 cm³/mol. The summed E-state index contributed by atoms with van der Waals surface area (Å²) >= 11 is 0. The second-order valence-electron chi connectivity index (χ2n) is 9.69. The van der Waals surface area contributed by atoms with Gasteiger partial charge in [0.2, 0.25) is 0 Å². The van der Waals surface area contributed by atoms with Gasteiger partial charge in [-0.1, -0.05) is 68.4 Å². The van der Waals surface area contributed by atoms with Crippen molar-refractivity contribution in [3.8, 4) is 0 Å². The van der Waals surface area contributed by atoms with E-state index in [0.717, 1.165) is 11.1 Å². The summed E-state index contributed by atoms with van der Waals surface area (Å²) < 4.78 is 23.7. The van der Waals surface area contributed by atoms with Gasteiger partial charge in [0.1, 0.15) is 6.10 Å². The van der Waals surface area contributed by atoms with Gasteiger partial charge in [-0.25, -0.2) is 0 Å². The van der Waals surface area contributed by atoms with Crippen LogP contribution in [0.1, 0.15) is 84.2 Å². The van der Waals surface area contributed by atoms with Crippen molar-refractivity contribution in [2.45, 2.75) is 79.2 Å². The molecule has 2 atom stereocenters. The van der Waals surface area contributed by atoms with Gasteiger partial charge in [-0.2, -0.15) is 5.06 Å². The van der Waals surface area contributed by atoms with Crippen LogP contribution in [0, 0.1) is 5.92 Å². The molecule has 2 aromatic rings. The van der Waals surface area contributed by atoms with Gasteiger partial charge in [0.25, 0.3) is 0 Å². The van der Waals surface area contributed by atoms with E-state index in [4.69, 9.17) is 13.9 Å². The minimum atomic E-state index is -3.12. The summed E-state index contributed by atoms with van der Waals surface area (Å²) in [5.74, 6) is 0.368. The Kier molecular flexibility index (Phi) is 10.3.